The predicted octanol–water partition coefficient (Wildman–Crippen LogP) is 5.18. The number of aromatic nitrogens is 2. The molecule has 4 rings (SSSR count). The molecule has 9 nitrogen and oxygen atoms in total. The highest BCUT2D eigenvalue weighted by atomic mass is 16.5. The van der Waals surface area contributed by atoms with Crippen molar-refractivity contribution >= 4 is 23.9 Å². The highest BCUT2D eigenvalue weighted by Gasteiger charge is 2.35. The molecule has 0 N–H and O–H groups in total. The summed E-state index contributed by atoms with van der Waals surface area (Å²) < 4.78 is 12.5. The summed E-state index contributed by atoms with van der Waals surface area (Å²) in [7, 11) is 0. The first-order chi connectivity index (χ1) is 19.7. The molecule has 0 bridgehead atoms. The molecule has 0 saturated carbocycles. The van der Waals surface area contributed by atoms with Crippen LogP contribution in [-0.4, -0.2) is 52.2 Å². The number of para-hydroxylation sites is 1. The van der Waals surface area contributed by atoms with Crippen LogP contribution in [0.4, 0.5) is 0 Å². The van der Waals surface area contributed by atoms with E-state index in [0.29, 0.717) is 23.4 Å². The summed E-state index contributed by atoms with van der Waals surface area (Å²) in [5.74, 6) is -0.863. The Labute approximate surface area is 239 Å². The Morgan fingerprint density at radius 2 is 1.83 bits per heavy atom. The highest BCUT2D eigenvalue weighted by molar-refractivity contribution is 6.19. The molecule has 41 heavy (non-hydrogen) atoms. The normalized spacial score (nSPS) is 14.4. The summed E-state index contributed by atoms with van der Waals surface area (Å²) in [6.45, 7) is 7.59. The molecule has 2 heterocycles. The van der Waals surface area contributed by atoms with Crippen molar-refractivity contribution in [2.24, 2.45) is 0 Å². The van der Waals surface area contributed by atoms with E-state index in [1.165, 1.54) is 6.92 Å². The first kappa shape index (κ1) is 29.0. The lowest BCUT2D eigenvalue weighted by Gasteiger charge is -2.27. The predicted molar refractivity (Wildman–Crippen MR) is 154 cm³/mol. The quantitative estimate of drug-likeness (QED) is 0.147. The van der Waals surface area contributed by atoms with Gasteiger partial charge in [-0.25, -0.2) is 4.68 Å². The molecule has 210 valence electrons. The molecule has 1 aliphatic heterocycles. The largest absolute Gasteiger partial charge is 0.494 e. The van der Waals surface area contributed by atoms with E-state index in [1.54, 1.807) is 17.7 Å². The van der Waals surface area contributed by atoms with Crippen LogP contribution < -0.4 is 4.74 Å². The summed E-state index contributed by atoms with van der Waals surface area (Å²) in [4.78, 5) is 38.8. The number of nitrogens with zero attached hydrogens (tertiary/aromatic N) is 4. The van der Waals surface area contributed by atoms with Crippen LogP contribution in [0.2, 0.25) is 0 Å². The lowest BCUT2D eigenvalue weighted by atomic mass is 9.92. The molecule has 0 atom stereocenters. The second-order valence-corrected chi connectivity index (χ2v) is 9.66. The van der Waals surface area contributed by atoms with E-state index in [1.807, 2.05) is 74.6 Å². The molecule has 1 aliphatic rings. The fraction of sp³-hybridized carbons (Fsp3) is 0.281. The zero-order chi connectivity index (χ0) is 29.5. The van der Waals surface area contributed by atoms with E-state index >= 15 is 0 Å². The lowest BCUT2D eigenvalue weighted by Crippen LogP contribution is -2.43. The zero-order valence-corrected chi connectivity index (χ0v) is 23.6. The molecule has 1 aromatic heterocycles. The van der Waals surface area contributed by atoms with Gasteiger partial charge in [0.2, 0.25) is 0 Å². The van der Waals surface area contributed by atoms with Gasteiger partial charge in [0, 0.05) is 36.4 Å². The van der Waals surface area contributed by atoms with Crippen LogP contribution in [0.5, 0.6) is 5.75 Å². The number of rotatable bonds is 10. The molecule has 9 heteroatoms. The smallest absolute Gasteiger partial charge is 0.302 e. The molecule has 0 spiro atoms. The third-order valence-electron chi connectivity index (χ3n) is 6.65. The maximum Gasteiger partial charge on any atom is 0.302 e. The fourth-order valence-electron chi connectivity index (χ4n) is 4.55. The standard InChI is InChI=1S/C32H32N4O5/c1-5-15-41-26-12-13-27(21(2)17-26)30-24(20-36(34-30)25-10-7-6-8-11-25)18-28-22(3)29(19-33)32(39)35(31(28)38)14-9-16-40-23(4)37/h6-8,10-13,17-18,20H,5,9,14-16H2,1-4H3/b28-18+. The minimum absolute atomic E-state index is 0.00914. The first-order valence-corrected chi connectivity index (χ1v) is 13.5. The first-order valence-electron chi connectivity index (χ1n) is 13.5. The van der Waals surface area contributed by atoms with Crippen molar-refractivity contribution in [3.05, 3.63) is 82.6 Å². The summed E-state index contributed by atoms with van der Waals surface area (Å²) >= 11 is 0. The summed E-state index contributed by atoms with van der Waals surface area (Å²) in [6, 6.07) is 17.4. The third-order valence-corrected chi connectivity index (χ3v) is 6.65. The zero-order valence-electron chi connectivity index (χ0n) is 23.6. The van der Waals surface area contributed by atoms with Crippen LogP contribution in [0.1, 0.15) is 44.7 Å². The van der Waals surface area contributed by atoms with Crippen molar-refractivity contribution < 1.29 is 23.9 Å². The molecular weight excluding hydrogens is 520 g/mol. The number of aryl methyl sites for hydroxylation is 1. The molecule has 0 radical (unpaired) electrons. The molecular formula is C32H32N4O5. The number of hydrogen-bond donors (Lipinski definition) is 0. The number of nitriles is 1. The Bertz CT molecular complexity index is 1580. The monoisotopic (exact) mass is 552 g/mol. The van der Waals surface area contributed by atoms with Gasteiger partial charge in [-0.15, -0.1) is 0 Å². The topological polar surface area (TPSA) is 115 Å². The fourth-order valence-corrected chi connectivity index (χ4v) is 4.55. The van der Waals surface area contributed by atoms with Gasteiger partial charge in [-0.05, 0) is 74.2 Å². The van der Waals surface area contributed by atoms with Gasteiger partial charge in [0.1, 0.15) is 23.1 Å². The average Bonchev–Trinajstić information content (AvgIpc) is 3.38. The molecule has 3 aromatic rings. The van der Waals surface area contributed by atoms with Crippen LogP contribution in [0.3, 0.4) is 0 Å². The van der Waals surface area contributed by atoms with Crippen molar-refractivity contribution in [3.63, 3.8) is 0 Å². The summed E-state index contributed by atoms with van der Waals surface area (Å²) in [5, 5.41) is 14.7. The molecule has 2 aromatic carbocycles. The number of hydrogen-bond acceptors (Lipinski definition) is 7. The SMILES string of the molecule is CCCOc1ccc(-c2nn(-c3ccccc3)cc2/C=C2/C(=O)N(CCCOC(C)=O)C(=O)C(C#N)=C2C)c(C)c1. The second kappa shape index (κ2) is 12.9. The van der Waals surface area contributed by atoms with E-state index in [0.717, 1.165) is 33.9 Å². The number of esters is 1. The Morgan fingerprint density at radius 1 is 1.07 bits per heavy atom. The maximum absolute atomic E-state index is 13.6. The highest BCUT2D eigenvalue weighted by Crippen LogP contribution is 2.33. The summed E-state index contributed by atoms with van der Waals surface area (Å²) in [6.07, 6.45) is 4.66. The van der Waals surface area contributed by atoms with Gasteiger partial charge in [0.05, 0.1) is 18.9 Å². The Kier molecular flexibility index (Phi) is 9.15. The summed E-state index contributed by atoms with van der Waals surface area (Å²) in [5.41, 5.74) is 4.34. The molecule has 0 aliphatic carbocycles. The van der Waals surface area contributed by atoms with Gasteiger partial charge in [0.25, 0.3) is 11.8 Å². The Morgan fingerprint density at radius 3 is 2.49 bits per heavy atom. The van der Waals surface area contributed by atoms with Crippen LogP contribution in [0, 0.1) is 18.3 Å². The van der Waals surface area contributed by atoms with Gasteiger partial charge < -0.3 is 9.47 Å². The van der Waals surface area contributed by atoms with Crippen molar-refractivity contribution in [3.8, 4) is 28.8 Å². The van der Waals surface area contributed by atoms with Crippen molar-refractivity contribution in [1.29, 1.82) is 5.26 Å². The van der Waals surface area contributed by atoms with Crippen molar-refractivity contribution in [1.82, 2.24) is 14.7 Å². The van der Waals surface area contributed by atoms with Gasteiger partial charge in [-0.3, -0.25) is 19.3 Å². The number of imide groups is 1. The second-order valence-electron chi connectivity index (χ2n) is 9.66. The van der Waals surface area contributed by atoms with Crippen LogP contribution >= 0.6 is 0 Å². The van der Waals surface area contributed by atoms with E-state index in [2.05, 4.69) is 0 Å². The van der Waals surface area contributed by atoms with Crippen LogP contribution in [-0.2, 0) is 19.1 Å². The Balaban J connectivity index is 1.81. The number of ether oxygens (including phenoxy) is 2. The lowest BCUT2D eigenvalue weighted by molar-refractivity contribution is -0.141. The van der Waals surface area contributed by atoms with Crippen LogP contribution in [0.25, 0.3) is 23.0 Å². The van der Waals surface area contributed by atoms with E-state index in [-0.39, 0.29) is 30.7 Å². The van der Waals surface area contributed by atoms with Gasteiger partial charge in [0.15, 0.2) is 0 Å². The number of carbonyl (C=O) groups is 3. The molecule has 2 amide bonds. The van der Waals surface area contributed by atoms with E-state index in [4.69, 9.17) is 14.6 Å². The average molecular weight is 553 g/mol. The van der Waals surface area contributed by atoms with Gasteiger partial charge >= 0.3 is 5.97 Å². The number of amides is 2. The maximum atomic E-state index is 13.6. The molecule has 0 unspecified atom stereocenters. The number of benzene rings is 2. The third kappa shape index (κ3) is 6.44. The molecule has 0 saturated heterocycles. The van der Waals surface area contributed by atoms with Crippen molar-refractivity contribution in [2.75, 3.05) is 19.8 Å². The van der Waals surface area contributed by atoms with Gasteiger partial charge in [-0.2, -0.15) is 10.4 Å². The number of carbonyl (C=O) groups excluding carboxylic acids is 3. The minimum atomic E-state index is -0.659. The Hall–Kier alpha value is -4.97. The van der Waals surface area contributed by atoms with Crippen molar-refractivity contribution in [2.45, 2.75) is 40.5 Å². The van der Waals surface area contributed by atoms with Gasteiger partial charge in [-0.1, -0.05) is 25.1 Å². The molecule has 0 fully saturated rings. The van der Waals surface area contributed by atoms with E-state index in [9.17, 15) is 19.6 Å². The van der Waals surface area contributed by atoms with Crippen LogP contribution in [0.15, 0.2) is 71.4 Å². The van der Waals surface area contributed by atoms with E-state index < -0.39 is 17.8 Å². The minimum Gasteiger partial charge on any atom is -0.494 e.